The number of benzene rings is 2. The average molecular weight is 667 g/mol. The lowest BCUT2D eigenvalue weighted by atomic mass is 9.99. The van der Waals surface area contributed by atoms with Crippen molar-refractivity contribution in [3.63, 3.8) is 0 Å². The largest absolute Gasteiger partial charge is 0.504 e. The van der Waals surface area contributed by atoms with Gasteiger partial charge in [0, 0.05) is 18.6 Å². The number of aliphatic hydroxyl groups excluding tert-OH is 5. The second-order valence-corrected chi connectivity index (χ2v) is 11.1. The van der Waals surface area contributed by atoms with Crippen molar-refractivity contribution in [2.24, 2.45) is 0 Å². The number of hydrogen-bond acceptors (Lipinski definition) is 17. The molecular formula is C30H34O17. The van der Waals surface area contributed by atoms with Crippen LogP contribution in [0.5, 0.6) is 34.5 Å². The number of carbonyl (C=O) groups excluding carboxylic acids is 1. The third kappa shape index (κ3) is 6.21. The van der Waals surface area contributed by atoms with Gasteiger partial charge in [-0.25, -0.2) is 0 Å². The highest BCUT2D eigenvalue weighted by Gasteiger charge is 2.47. The lowest BCUT2D eigenvalue weighted by molar-refractivity contribution is -0.272. The van der Waals surface area contributed by atoms with Crippen LogP contribution in [0.1, 0.15) is 20.8 Å². The summed E-state index contributed by atoms with van der Waals surface area (Å²) in [5.74, 6) is -4.55. The normalized spacial score (nSPS) is 30.9. The molecule has 2 aliphatic heterocycles. The zero-order valence-corrected chi connectivity index (χ0v) is 25.3. The van der Waals surface area contributed by atoms with Gasteiger partial charge in [-0.05, 0) is 32.0 Å². The van der Waals surface area contributed by atoms with E-state index in [1.165, 1.54) is 19.9 Å². The molecule has 0 amide bonds. The Morgan fingerprint density at radius 2 is 1.43 bits per heavy atom. The summed E-state index contributed by atoms with van der Waals surface area (Å²) in [6, 6.07) is 4.46. The van der Waals surface area contributed by atoms with E-state index in [2.05, 4.69) is 0 Å². The van der Waals surface area contributed by atoms with Crippen LogP contribution in [0.3, 0.4) is 0 Å². The summed E-state index contributed by atoms with van der Waals surface area (Å²) in [4.78, 5) is 25.5. The maximum absolute atomic E-state index is 14.0. The van der Waals surface area contributed by atoms with Crippen molar-refractivity contribution >= 4 is 16.9 Å². The molecule has 5 rings (SSSR count). The smallest absolute Gasteiger partial charge is 0.303 e. The Bertz CT molecular complexity index is 1700. The SMILES string of the molecule is COc1c(O[C@@H]2O[C@H](C)[C@H](O)[C@H](O)[C@H]2O)cc2oc(-c3ccc(O)c(O)c3)c(O[C@@H]3O[C@@H](C)[C@H](OC(C)=O)[C@@H](O)[C@@H]3O)c(=O)c2c1O. The summed E-state index contributed by atoms with van der Waals surface area (Å²) in [5, 5.41) is 82.9. The summed E-state index contributed by atoms with van der Waals surface area (Å²) >= 11 is 0. The lowest BCUT2D eigenvalue weighted by Gasteiger charge is -2.40. The number of ether oxygens (including phenoxy) is 6. The molecule has 2 saturated heterocycles. The minimum atomic E-state index is -1.87. The lowest BCUT2D eigenvalue weighted by Crippen LogP contribution is -2.59. The molecule has 3 heterocycles. The number of aliphatic hydroxyl groups is 5. The maximum atomic E-state index is 14.0. The molecule has 10 atom stereocenters. The highest BCUT2D eigenvalue weighted by molar-refractivity contribution is 5.91. The van der Waals surface area contributed by atoms with E-state index >= 15 is 0 Å². The molecule has 0 radical (unpaired) electrons. The van der Waals surface area contributed by atoms with Gasteiger partial charge in [-0.3, -0.25) is 9.59 Å². The fourth-order valence-electron chi connectivity index (χ4n) is 5.33. The molecule has 47 heavy (non-hydrogen) atoms. The first-order chi connectivity index (χ1) is 22.1. The van der Waals surface area contributed by atoms with Crippen molar-refractivity contribution in [2.45, 2.75) is 82.2 Å². The van der Waals surface area contributed by atoms with E-state index in [-0.39, 0.29) is 16.9 Å². The highest BCUT2D eigenvalue weighted by atomic mass is 16.7. The van der Waals surface area contributed by atoms with Gasteiger partial charge in [0.2, 0.25) is 29.5 Å². The van der Waals surface area contributed by atoms with Crippen molar-refractivity contribution < 1.29 is 78.5 Å². The Morgan fingerprint density at radius 1 is 0.787 bits per heavy atom. The predicted molar refractivity (Wildman–Crippen MR) is 155 cm³/mol. The molecule has 2 fully saturated rings. The number of fused-ring (bicyclic) bond motifs is 1. The molecule has 1 aromatic heterocycles. The van der Waals surface area contributed by atoms with Gasteiger partial charge in [0.25, 0.3) is 0 Å². The van der Waals surface area contributed by atoms with Crippen LogP contribution in [0.2, 0.25) is 0 Å². The zero-order chi connectivity index (χ0) is 34.5. The number of phenols is 3. The third-order valence-corrected chi connectivity index (χ3v) is 7.84. The van der Waals surface area contributed by atoms with Gasteiger partial charge >= 0.3 is 5.97 Å². The summed E-state index contributed by atoms with van der Waals surface area (Å²) in [5.41, 5.74) is -1.45. The van der Waals surface area contributed by atoms with Crippen LogP contribution >= 0.6 is 0 Å². The second kappa shape index (κ2) is 13.0. The molecule has 8 N–H and O–H groups in total. The first-order valence-corrected chi connectivity index (χ1v) is 14.3. The van der Waals surface area contributed by atoms with Gasteiger partial charge in [-0.2, -0.15) is 0 Å². The van der Waals surface area contributed by atoms with E-state index in [0.29, 0.717) is 0 Å². The van der Waals surface area contributed by atoms with Gasteiger partial charge in [-0.1, -0.05) is 0 Å². The Labute approximate surface area is 265 Å². The molecule has 0 aliphatic carbocycles. The first-order valence-electron chi connectivity index (χ1n) is 14.3. The van der Waals surface area contributed by atoms with E-state index in [9.17, 15) is 50.4 Å². The quantitative estimate of drug-likeness (QED) is 0.117. The predicted octanol–water partition coefficient (Wildman–Crippen LogP) is -0.431. The van der Waals surface area contributed by atoms with E-state index < -0.39 is 113 Å². The van der Waals surface area contributed by atoms with E-state index in [4.69, 9.17) is 32.8 Å². The number of aromatic hydroxyl groups is 3. The minimum absolute atomic E-state index is 0.0410. The Balaban J connectivity index is 1.64. The standard InChI is InChI=1S/C30H34O17/c1-9-18(34)21(37)23(39)29(42-9)46-16-8-15-17(19(35)27(16)41-4)20(36)28(26(45-15)12-5-6-13(32)14(33)7-12)47-30-24(40)22(38)25(10(2)43-30)44-11(3)31/h5-10,18,21-25,29-30,32-35,37-40H,1-4H3/t9-,10+,18+,21+,22+,23-,24+,25+,29+,30+/m1/s1. The van der Waals surface area contributed by atoms with E-state index in [1.54, 1.807) is 0 Å². The van der Waals surface area contributed by atoms with Gasteiger partial charge in [-0.15, -0.1) is 0 Å². The minimum Gasteiger partial charge on any atom is -0.504 e. The van der Waals surface area contributed by atoms with Crippen molar-refractivity contribution in [1.82, 2.24) is 0 Å². The number of methoxy groups -OCH3 is 1. The molecule has 3 aromatic rings. The number of rotatable bonds is 7. The Kier molecular flexibility index (Phi) is 9.43. The average Bonchev–Trinajstić information content (AvgIpc) is 3.01. The molecule has 256 valence electrons. The Morgan fingerprint density at radius 3 is 2.06 bits per heavy atom. The van der Waals surface area contributed by atoms with Crippen molar-refractivity contribution in [1.29, 1.82) is 0 Å². The third-order valence-electron chi connectivity index (χ3n) is 7.84. The van der Waals surface area contributed by atoms with Crippen molar-refractivity contribution in [2.75, 3.05) is 7.11 Å². The van der Waals surface area contributed by atoms with Crippen LogP contribution in [0, 0.1) is 0 Å². The molecule has 17 nitrogen and oxygen atoms in total. The van der Waals surface area contributed by atoms with Gasteiger partial charge in [0.05, 0.1) is 19.3 Å². The second-order valence-electron chi connectivity index (χ2n) is 11.1. The van der Waals surface area contributed by atoms with Crippen LogP contribution in [-0.4, -0.2) is 115 Å². The fourth-order valence-corrected chi connectivity index (χ4v) is 5.33. The topological polar surface area (TPSA) is 264 Å². The Hall–Kier alpha value is -4.36. The fraction of sp³-hybridized carbons (Fsp3) is 0.467. The first kappa shape index (κ1) is 34.0. The van der Waals surface area contributed by atoms with E-state index in [1.807, 2.05) is 0 Å². The van der Waals surface area contributed by atoms with Crippen LogP contribution in [0.4, 0.5) is 0 Å². The zero-order valence-electron chi connectivity index (χ0n) is 25.3. The number of esters is 1. The summed E-state index contributed by atoms with van der Waals surface area (Å²) in [6.07, 6.45) is -15.0. The van der Waals surface area contributed by atoms with Crippen LogP contribution < -0.4 is 19.6 Å². The molecule has 17 heteroatoms. The molecule has 0 unspecified atom stereocenters. The molecule has 2 aliphatic rings. The van der Waals surface area contributed by atoms with Crippen molar-refractivity contribution in [3.05, 3.63) is 34.5 Å². The highest BCUT2D eigenvalue weighted by Crippen LogP contribution is 2.46. The van der Waals surface area contributed by atoms with Crippen LogP contribution in [0.15, 0.2) is 33.5 Å². The molecule has 2 aromatic carbocycles. The molecule has 0 spiro atoms. The number of hydrogen-bond donors (Lipinski definition) is 8. The summed E-state index contributed by atoms with van der Waals surface area (Å²) < 4.78 is 38.9. The number of phenolic OH excluding ortho intramolecular Hbond substituents is 3. The molecule has 0 bridgehead atoms. The van der Waals surface area contributed by atoms with Gasteiger partial charge in [0.15, 0.2) is 34.9 Å². The van der Waals surface area contributed by atoms with E-state index in [0.717, 1.165) is 32.2 Å². The monoisotopic (exact) mass is 666 g/mol. The maximum Gasteiger partial charge on any atom is 0.303 e. The number of carbonyl (C=O) groups is 1. The van der Waals surface area contributed by atoms with Crippen LogP contribution in [-0.2, 0) is 19.0 Å². The molecule has 0 saturated carbocycles. The van der Waals surface area contributed by atoms with Gasteiger partial charge in [0.1, 0.15) is 41.5 Å². The van der Waals surface area contributed by atoms with Crippen LogP contribution in [0.25, 0.3) is 22.3 Å². The van der Waals surface area contributed by atoms with Gasteiger partial charge < -0.3 is 73.7 Å². The summed E-state index contributed by atoms with van der Waals surface area (Å²) in [7, 11) is 1.13. The summed E-state index contributed by atoms with van der Waals surface area (Å²) in [6.45, 7) is 3.95. The van der Waals surface area contributed by atoms with Crippen molar-refractivity contribution in [3.8, 4) is 45.8 Å². The molecular weight excluding hydrogens is 632 g/mol.